The first kappa shape index (κ1) is 8.99. The fraction of sp³-hybridized carbons (Fsp3) is 0.571. The summed E-state index contributed by atoms with van der Waals surface area (Å²) in [4.78, 5) is 10.3. The SMILES string of the molecule is CC#CCCC(N)C(N)=O. The van der Waals surface area contributed by atoms with Crippen molar-refractivity contribution in [2.75, 3.05) is 0 Å². The van der Waals surface area contributed by atoms with Crippen LogP contribution in [0.1, 0.15) is 19.8 Å². The van der Waals surface area contributed by atoms with E-state index < -0.39 is 11.9 Å². The van der Waals surface area contributed by atoms with Crippen LogP contribution >= 0.6 is 0 Å². The maximum atomic E-state index is 10.3. The molecule has 0 radical (unpaired) electrons. The van der Waals surface area contributed by atoms with E-state index in [-0.39, 0.29) is 0 Å². The molecule has 3 nitrogen and oxygen atoms in total. The Morgan fingerprint density at radius 2 is 2.30 bits per heavy atom. The minimum atomic E-state index is -0.541. The molecule has 1 atom stereocenters. The molecule has 0 saturated carbocycles. The fourth-order valence-corrected chi connectivity index (χ4v) is 0.495. The highest BCUT2D eigenvalue weighted by atomic mass is 16.1. The van der Waals surface area contributed by atoms with Crippen LogP contribution in [-0.4, -0.2) is 11.9 Å². The fourth-order valence-electron chi connectivity index (χ4n) is 0.495. The van der Waals surface area contributed by atoms with Gasteiger partial charge in [0.25, 0.3) is 0 Å². The zero-order chi connectivity index (χ0) is 7.98. The number of rotatable bonds is 3. The van der Waals surface area contributed by atoms with Gasteiger partial charge in [-0.1, -0.05) is 0 Å². The monoisotopic (exact) mass is 140 g/mol. The van der Waals surface area contributed by atoms with Crippen molar-refractivity contribution < 1.29 is 4.79 Å². The summed E-state index contributed by atoms with van der Waals surface area (Å²) in [7, 11) is 0. The number of amides is 1. The quantitative estimate of drug-likeness (QED) is 0.524. The van der Waals surface area contributed by atoms with E-state index in [9.17, 15) is 4.79 Å². The first-order valence-electron chi connectivity index (χ1n) is 3.13. The van der Waals surface area contributed by atoms with Crippen LogP contribution in [0.2, 0.25) is 0 Å². The zero-order valence-corrected chi connectivity index (χ0v) is 6.05. The summed E-state index contributed by atoms with van der Waals surface area (Å²) < 4.78 is 0. The largest absolute Gasteiger partial charge is 0.368 e. The van der Waals surface area contributed by atoms with E-state index >= 15 is 0 Å². The van der Waals surface area contributed by atoms with E-state index in [0.717, 1.165) is 0 Å². The van der Waals surface area contributed by atoms with Crippen molar-refractivity contribution in [1.82, 2.24) is 0 Å². The molecule has 1 amide bonds. The summed E-state index contributed by atoms with van der Waals surface area (Å²) in [6.45, 7) is 1.75. The van der Waals surface area contributed by atoms with Gasteiger partial charge in [-0.3, -0.25) is 4.79 Å². The minimum Gasteiger partial charge on any atom is -0.368 e. The molecule has 4 N–H and O–H groups in total. The molecule has 0 aliphatic carbocycles. The first-order valence-corrected chi connectivity index (χ1v) is 3.13. The molecule has 0 aromatic carbocycles. The summed E-state index contributed by atoms with van der Waals surface area (Å²) in [5.41, 5.74) is 10.2. The van der Waals surface area contributed by atoms with Crippen molar-refractivity contribution in [3.8, 4) is 11.8 Å². The highest BCUT2D eigenvalue weighted by Gasteiger charge is 2.06. The Labute approximate surface area is 60.8 Å². The lowest BCUT2D eigenvalue weighted by Crippen LogP contribution is -2.36. The molecule has 0 aromatic heterocycles. The normalized spacial score (nSPS) is 11.4. The molecule has 10 heavy (non-hydrogen) atoms. The Morgan fingerprint density at radius 1 is 1.70 bits per heavy atom. The van der Waals surface area contributed by atoms with Gasteiger partial charge in [0.15, 0.2) is 0 Å². The summed E-state index contributed by atoms with van der Waals surface area (Å²) in [6, 6.07) is -0.541. The summed E-state index contributed by atoms with van der Waals surface area (Å²) in [6.07, 6.45) is 1.19. The van der Waals surface area contributed by atoms with Gasteiger partial charge in [0.1, 0.15) is 0 Å². The highest BCUT2D eigenvalue weighted by Crippen LogP contribution is 1.90. The molecular weight excluding hydrogens is 128 g/mol. The van der Waals surface area contributed by atoms with Crippen LogP contribution in [0, 0.1) is 11.8 Å². The third kappa shape index (κ3) is 3.93. The Kier molecular flexibility index (Phi) is 4.34. The van der Waals surface area contributed by atoms with Gasteiger partial charge in [-0.25, -0.2) is 0 Å². The molecule has 0 bridgehead atoms. The molecule has 1 unspecified atom stereocenters. The van der Waals surface area contributed by atoms with Gasteiger partial charge in [-0.2, -0.15) is 0 Å². The average Bonchev–Trinajstić information content (AvgIpc) is 1.88. The van der Waals surface area contributed by atoms with Gasteiger partial charge < -0.3 is 11.5 Å². The summed E-state index contributed by atoms with van der Waals surface area (Å²) in [5, 5.41) is 0. The van der Waals surface area contributed by atoms with Crippen LogP contribution < -0.4 is 11.5 Å². The average molecular weight is 140 g/mol. The smallest absolute Gasteiger partial charge is 0.234 e. The second kappa shape index (κ2) is 4.83. The maximum absolute atomic E-state index is 10.3. The Balaban J connectivity index is 3.46. The number of nitrogens with two attached hydrogens (primary N) is 2. The van der Waals surface area contributed by atoms with Crippen LogP contribution in [0.25, 0.3) is 0 Å². The molecule has 3 heteroatoms. The van der Waals surface area contributed by atoms with Crippen LogP contribution in [0.15, 0.2) is 0 Å². The van der Waals surface area contributed by atoms with Crippen molar-refractivity contribution >= 4 is 5.91 Å². The number of carbonyl (C=O) groups is 1. The molecule has 0 aliphatic rings. The van der Waals surface area contributed by atoms with Crippen molar-refractivity contribution in [3.63, 3.8) is 0 Å². The van der Waals surface area contributed by atoms with E-state index in [1.54, 1.807) is 6.92 Å². The van der Waals surface area contributed by atoms with Crippen LogP contribution in [0.4, 0.5) is 0 Å². The molecular formula is C7H12N2O. The molecule has 0 spiro atoms. The summed E-state index contributed by atoms with van der Waals surface area (Å²) >= 11 is 0. The molecule has 0 rings (SSSR count). The van der Waals surface area contributed by atoms with Gasteiger partial charge in [0, 0.05) is 6.42 Å². The van der Waals surface area contributed by atoms with Crippen molar-refractivity contribution in [2.45, 2.75) is 25.8 Å². The molecule has 0 aromatic rings. The lowest BCUT2D eigenvalue weighted by molar-refractivity contribution is -0.119. The number of carbonyl (C=O) groups excluding carboxylic acids is 1. The standard InChI is InChI=1S/C7H12N2O/c1-2-3-4-5-6(8)7(9)10/h6H,4-5,8H2,1H3,(H2,9,10). The van der Waals surface area contributed by atoms with E-state index in [0.29, 0.717) is 12.8 Å². The number of primary amides is 1. The zero-order valence-electron chi connectivity index (χ0n) is 6.05. The van der Waals surface area contributed by atoms with Gasteiger partial charge >= 0.3 is 0 Å². The Bertz CT molecular complexity index is 166. The first-order chi connectivity index (χ1) is 4.68. The van der Waals surface area contributed by atoms with Gasteiger partial charge in [-0.15, -0.1) is 11.8 Å². The van der Waals surface area contributed by atoms with E-state index in [1.807, 2.05) is 0 Å². The Hall–Kier alpha value is -1.01. The molecule has 0 aliphatic heterocycles. The Morgan fingerprint density at radius 3 is 2.70 bits per heavy atom. The number of hydrogen-bond acceptors (Lipinski definition) is 2. The maximum Gasteiger partial charge on any atom is 0.234 e. The van der Waals surface area contributed by atoms with Crippen molar-refractivity contribution in [1.29, 1.82) is 0 Å². The van der Waals surface area contributed by atoms with Crippen molar-refractivity contribution in [3.05, 3.63) is 0 Å². The second-order valence-corrected chi connectivity index (χ2v) is 1.97. The lowest BCUT2D eigenvalue weighted by atomic mass is 10.1. The third-order valence-corrected chi connectivity index (χ3v) is 1.12. The van der Waals surface area contributed by atoms with Crippen molar-refractivity contribution in [2.24, 2.45) is 11.5 Å². The van der Waals surface area contributed by atoms with Gasteiger partial charge in [-0.05, 0) is 13.3 Å². The predicted molar refractivity (Wildman–Crippen MR) is 39.9 cm³/mol. The van der Waals surface area contributed by atoms with E-state index in [4.69, 9.17) is 11.5 Å². The lowest BCUT2D eigenvalue weighted by Gasteiger charge is -2.01. The van der Waals surface area contributed by atoms with Crippen LogP contribution in [0.5, 0.6) is 0 Å². The summed E-state index contributed by atoms with van der Waals surface area (Å²) in [5.74, 6) is 5.04. The molecule has 0 fully saturated rings. The molecule has 0 saturated heterocycles. The van der Waals surface area contributed by atoms with Crippen LogP contribution in [-0.2, 0) is 4.79 Å². The number of hydrogen-bond donors (Lipinski definition) is 2. The van der Waals surface area contributed by atoms with E-state index in [2.05, 4.69) is 11.8 Å². The molecule has 0 heterocycles. The second-order valence-electron chi connectivity index (χ2n) is 1.97. The predicted octanol–water partition coefficient (Wildman–Crippen LogP) is -0.398. The topological polar surface area (TPSA) is 69.1 Å². The van der Waals surface area contributed by atoms with E-state index in [1.165, 1.54) is 0 Å². The minimum absolute atomic E-state index is 0.460. The molecule has 56 valence electrons. The van der Waals surface area contributed by atoms with Crippen LogP contribution in [0.3, 0.4) is 0 Å². The third-order valence-electron chi connectivity index (χ3n) is 1.12. The highest BCUT2D eigenvalue weighted by molar-refractivity contribution is 5.79. The van der Waals surface area contributed by atoms with Gasteiger partial charge in [0.2, 0.25) is 5.91 Å². The van der Waals surface area contributed by atoms with Gasteiger partial charge in [0.05, 0.1) is 6.04 Å².